The van der Waals surface area contributed by atoms with Gasteiger partial charge in [0.25, 0.3) is 0 Å². The van der Waals surface area contributed by atoms with E-state index in [1.54, 1.807) is 0 Å². The number of fused-ring (bicyclic) bond motifs is 2. The summed E-state index contributed by atoms with van der Waals surface area (Å²) in [7, 11) is 0. The molecule has 0 N–H and O–H groups in total. The molecule has 0 heterocycles. The van der Waals surface area contributed by atoms with Gasteiger partial charge in [0.1, 0.15) is 0 Å². The Morgan fingerprint density at radius 1 is 1.36 bits per heavy atom. The van der Waals surface area contributed by atoms with Crippen LogP contribution in [0.2, 0.25) is 0 Å². The quantitative estimate of drug-likeness (QED) is 0.463. The Labute approximate surface area is 69.0 Å². The van der Waals surface area contributed by atoms with E-state index in [2.05, 4.69) is 27.0 Å². The Morgan fingerprint density at radius 3 is 2.36 bits per heavy atom. The van der Waals surface area contributed by atoms with Crippen molar-refractivity contribution in [1.82, 2.24) is 0 Å². The van der Waals surface area contributed by atoms with Gasteiger partial charge in [0.15, 0.2) is 0 Å². The zero-order chi connectivity index (χ0) is 8.22. The van der Waals surface area contributed by atoms with Crippen LogP contribution in [0.3, 0.4) is 0 Å². The third kappa shape index (κ3) is 0.702. The standard InChI is InChI=1S/C11H16/c1-7-5-9-6-10(7)8(2)11(9,3)4/h9-10H,1-2,5-6H2,3-4H3. The maximum atomic E-state index is 4.18. The monoisotopic (exact) mass is 148 g/mol. The summed E-state index contributed by atoms with van der Waals surface area (Å²) < 4.78 is 0. The molecule has 2 bridgehead atoms. The van der Waals surface area contributed by atoms with Crippen molar-refractivity contribution >= 4 is 0 Å². The van der Waals surface area contributed by atoms with E-state index in [9.17, 15) is 0 Å². The third-order valence-corrected chi connectivity index (χ3v) is 3.79. The molecule has 0 saturated heterocycles. The highest BCUT2D eigenvalue weighted by molar-refractivity contribution is 5.34. The SMILES string of the molecule is C=C1CC2CC1C(=C)C2(C)C. The van der Waals surface area contributed by atoms with Crippen LogP contribution in [-0.2, 0) is 0 Å². The molecule has 0 aromatic heterocycles. The third-order valence-electron chi connectivity index (χ3n) is 3.79. The molecule has 0 heteroatoms. The van der Waals surface area contributed by atoms with Gasteiger partial charge in [0.2, 0.25) is 0 Å². The van der Waals surface area contributed by atoms with E-state index in [0.717, 1.165) is 5.92 Å². The van der Waals surface area contributed by atoms with Crippen molar-refractivity contribution in [1.29, 1.82) is 0 Å². The van der Waals surface area contributed by atoms with Crippen molar-refractivity contribution in [2.75, 3.05) is 0 Å². The van der Waals surface area contributed by atoms with Gasteiger partial charge < -0.3 is 0 Å². The number of hydrogen-bond acceptors (Lipinski definition) is 0. The summed E-state index contributed by atoms with van der Waals surface area (Å²) in [5.74, 6) is 1.50. The van der Waals surface area contributed by atoms with Gasteiger partial charge in [-0.25, -0.2) is 0 Å². The van der Waals surface area contributed by atoms with Gasteiger partial charge in [0.05, 0.1) is 0 Å². The predicted octanol–water partition coefficient (Wildman–Crippen LogP) is 3.16. The molecule has 2 aliphatic carbocycles. The number of hydrogen-bond donors (Lipinski definition) is 0. The normalized spacial score (nSPS) is 40.2. The van der Waals surface area contributed by atoms with E-state index in [1.165, 1.54) is 24.0 Å². The maximum absolute atomic E-state index is 4.18. The average molecular weight is 148 g/mol. The van der Waals surface area contributed by atoms with Gasteiger partial charge in [-0.2, -0.15) is 0 Å². The Kier molecular flexibility index (Phi) is 1.17. The van der Waals surface area contributed by atoms with Crippen LogP contribution in [0.15, 0.2) is 24.3 Å². The van der Waals surface area contributed by atoms with E-state index in [0.29, 0.717) is 11.3 Å². The number of allylic oxidation sites excluding steroid dienone is 2. The lowest BCUT2D eigenvalue weighted by atomic mass is 9.72. The Balaban J connectivity index is 2.39. The zero-order valence-electron chi connectivity index (χ0n) is 7.48. The molecule has 11 heavy (non-hydrogen) atoms. The summed E-state index contributed by atoms with van der Waals surface area (Å²) in [5.41, 5.74) is 3.25. The molecule has 0 nitrogen and oxygen atoms in total. The Hall–Kier alpha value is -0.520. The molecule has 0 aliphatic heterocycles. The summed E-state index contributed by atoms with van der Waals surface area (Å²) in [4.78, 5) is 0. The Bertz CT molecular complexity index is 232. The molecule has 2 aliphatic rings. The molecule has 0 radical (unpaired) electrons. The van der Waals surface area contributed by atoms with E-state index in [4.69, 9.17) is 0 Å². The van der Waals surface area contributed by atoms with Crippen LogP contribution in [0.4, 0.5) is 0 Å². The highest BCUT2D eigenvalue weighted by Gasteiger charge is 2.49. The largest absolute Gasteiger partial charge is 0.0992 e. The lowest BCUT2D eigenvalue weighted by molar-refractivity contribution is 0.308. The molecule has 0 aromatic rings. The van der Waals surface area contributed by atoms with Gasteiger partial charge >= 0.3 is 0 Å². The van der Waals surface area contributed by atoms with Crippen LogP contribution in [0, 0.1) is 17.3 Å². The molecular formula is C11H16. The molecule has 2 unspecified atom stereocenters. The summed E-state index contributed by atoms with van der Waals surface area (Å²) in [6, 6.07) is 0. The first-order valence-corrected chi connectivity index (χ1v) is 4.40. The van der Waals surface area contributed by atoms with E-state index in [1.807, 2.05) is 0 Å². The predicted molar refractivity (Wildman–Crippen MR) is 48.3 cm³/mol. The number of rotatable bonds is 0. The topological polar surface area (TPSA) is 0 Å². The van der Waals surface area contributed by atoms with Crippen molar-refractivity contribution in [2.45, 2.75) is 26.7 Å². The first kappa shape index (κ1) is 7.15. The summed E-state index contributed by atoms with van der Waals surface area (Å²) in [6.45, 7) is 12.9. The summed E-state index contributed by atoms with van der Waals surface area (Å²) in [6.07, 6.45) is 2.57. The molecule has 0 spiro atoms. The summed E-state index contributed by atoms with van der Waals surface area (Å²) in [5, 5.41) is 0. The van der Waals surface area contributed by atoms with E-state index >= 15 is 0 Å². The molecule has 60 valence electrons. The highest BCUT2D eigenvalue weighted by atomic mass is 14.5. The van der Waals surface area contributed by atoms with Crippen molar-refractivity contribution in [3.05, 3.63) is 24.3 Å². The van der Waals surface area contributed by atoms with Crippen LogP contribution < -0.4 is 0 Å². The first-order valence-electron chi connectivity index (χ1n) is 4.40. The fourth-order valence-electron chi connectivity index (χ4n) is 2.64. The first-order chi connectivity index (χ1) is 5.03. The minimum atomic E-state index is 0.395. The lowest BCUT2D eigenvalue weighted by Crippen LogP contribution is -2.22. The Morgan fingerprint density at radius 2 is 2.00 bits per heavy atom. The van der Waals surface area contributed by atoms with Crippen LogP contribution >= 0.6 is 0 Å². The minimum Gasteiger partial charge on any atom is -0.0992 e. The fraction of sp³-hybridized carbons (Fsp3) is 0.636. The molecule has 2 fully saturated rings. The second-order valence-corrected chi connectivity index (χ2v) is 4.59. The molecule has 0 aromatic carbocycles. The van der Waals surface area contributed by atoms with Crippen molar-refractivity contribution < 1.29 is 0 Å². The van der Waals surface area contributed by atoms with Gasteiger partial charge in [0, 0.05) is 5.92 Å². The van der Waals surface area contributed by atoms with Gasteiger partial charge in [-0.15, -0.1) is 0 Å². The molecule has 2 atom stereocenters. The maximum Gasteiger partial charge on any atom is 0.00102 e. The smallest absolute Gasteiger partial charge is 0.00102 e. The molecule has 2 rings (SSSR count). The van der Waals surface area contributed by atoms with E-state index < -0.39 is 0 Å². The molecule has 0 amide bonds. The van der Waals surface area contributed by atoms with E-state index in [-0.39, 0.29) is 0 Å². The second-order valence-electron chi connectivity index (χ2n) is 4.59. The van der Waals surface area contributed by atoms with Crippen molar-refractivity contribution in [2.24, 2.45) is 17.3 Å². The van der Waals surface area contributed by atoms with Crippen LogP contribution in [0.25, 0.3) is 0 Å². The van der Waals surface area contributed by atoms with Gasteiger partial charge in [-0.05, 0) is 24.2 Å². The van der Waals surface area contributed by atoms with Crippen molar-refractivity contribution in [3.8, 4) is 0 Å². The fourth-order valence-corrected chi connectivity index (χ4v) is 2.64. The molecule has 2 saturated carbocycles. The second kappa shape index (κ2) is 1.80. The average Bonchev–Trinajstić information content (AvgIpc) is 2.36. The highest BCUT2D eigenvalue weighted by Crippen LogP contribution is 2.59. The lowest BCUT2D eigenvalue weighted by Gasteiger charge is -2.32. The van der Waals surface area contributed by atoms with Crippen LogP contribution in [-0.4, -0.2) is 0 Å². The molecular weight excluding hydrogens is 132 g/mol. The summed E-state index contributed by atoms with van der Waals surface area (Å²) >= 11 is 0. The zero-order valence-corrected chi connectivity index (χ0v) is 7.48. The van der Waals surface area contributed by atoms with Gasteiger partial charge in [-0.1, -0.05) is 38.2 Å². The van der Waals surface area contributed by atoms with Crippen LogP contribution in [0.1, 0.15) is 26.7 Å². The van der Waals surface area contributed by atoms with Gasteiger partial charge in [-0.3, -0.25) is 0 Å². The van der Waals surface area contributed by atoms with Crippen molar-refractivity contribution in [3.63, 3.8) is 0 Å². The van der Waals surface area contributed by atoms with Crippen LogP contribution in [0.5, 0.6) is 0 Å². The minimum absolute atomic E-state index is 0.395.